The summed E-state index contributed by atoms with van der Waals surface area (Å²) in [5.74, 6) is 0.125. The number of hydrogen-bond donors (Lipinski definition) is 1. The minimum atomic E-state index is -2.95. The Labute approximate surface area is 97.0 Å². The maximum absolute atomic E-state index is 11.1. The van der Waals surface area contributed by atoms with Crippen LogP contribution in [-0.2, 0) is 9.84 Å². The normalized spacial score (nSPS) is 13.5. The third-order valence-corrected chi connectivity index (χ3v) is 3.29. The fourth-order valence-corrected chi connectivity index (χ4v) is 2.59. The average molecular weight is 242 g/mol. The Kier molecular flexibility index (Phi) is 3.91. The quantitative estimate of drug-likeness (QED) is 0.870. The molecule has 1 aromatic rings. The van der Waals surface area contributed by atoms with Gasteiger partial charge in [-0.3, -0.25) is 4.98 Å². The molecule has 0 radical (unpaired) electrons. The summed E-state index contributed by atoms with van der Waals surface area (Å²) in [5, 5.41) is 3.15. The van der Waals surface area contributed by atoms with Crippen LogP contribution >= 0.6 is 0 Å². The highest BCUT2D eigenvalue weighted by Crippen LogP contribution is 2.14. The summed E-state index contributed by atoms with van der Waals surface area (Å²) in [6, 6.07) is 3.72. The maximum atomic E-state index is 11.1. The second-order valence-electron chi connectivity index (χ2n) is 4.22. The molecule has 0 saturated carbocycles. The average Bonchev–Trinajstić information content (AvgIpc) is 2.06. The molecule has 0 bridgehead atoms. The van der Waals surface area contributed by atoms with Gasteiger partial charge in [-0.05, 0) is 32.9 Å². The van der Waals surface area contributed by atoms with Gasteiger partial charge in [-0.1, -0.05) is 0 Å². The molecule has 4 nitrogen and oxygen atoms in total. The zero-order chi connectivity index (χ0) is 12.3. The molecule has 0 aliphatic carbocycles. The van der Waals surface area contributed by atoms with E-state index in [0.717, 1.165) is 17.1 Å². The highest BCUT2D eigenvalue weighted by molar-refractivity contribution is 7.90. The molecule has 1 atom stereocenters. The van der Waals surface area contributed by atoms with Gasteiger partial charge in [-0.2, -0.15) is 0 Å². The van der Waals surface area contributed by atoms with Crippen molar-refractivity contribution < 1.29 is 8.42 Å². The van der Waals surface area contributed by atoms with Gasteiger partial charge in [-0.25, -0.2) is 8.42 Å². The van der Waals surface area contributed by atoms with Gasteiger partial charge in [-0.15, -0.1) is 0 Å². The van der Waals surface area contributed by atoms with E-state index >= 15 is 0 Å². The Morgan fingerprint density at radius 3 is 2.50 bits per heavy atom. The largest absolute Gasteiger partial charge is 0.380 e. The summed E-state index contributed by atoms with van der Waals surface area (Å²) >= 11 is 0. The van der Waals surface area contributed by atoms with Gasteiger partial charge in [0.05, 0.1) is 17.1 Å². The van der Waals surface area contributed by atoms with E-state index in [2.05, 4.69) is 10.3 Å². The minimum absolute atomic E-state index is 0.113. The molecular formula is C11H18N2O2S. The van der Waals surface area contributed by atoms with E-state index in [9.17, 15) is 8.42 Å². The Bertz CT molecular complexity index is 469. The van der Waals surface area contributed by atoms with Crippen LogP contribution in [-0.4, -0.2) is 31.5 Å². The molecule has 0 unspecified atom stereocenters. The van der Waals surface area contributed by atoms with Crippen LogP contribution in [0.1, 0.15) is 18.3 Å². The molecule has 0 aromatic carbocycles. The van der Waals surface area contributed by atoms with E-state index in [-0.39, 0.29) is 11.8 Å². The predicted molar refractivity (Wildman–Crippen MR) is 66.5 cm³/mol. The van der Waals surface area contributed by atoms with Crippen LogP contribution in [0.15, 0.2) is 12.1 Å². The second-order valence-corrected chi connectivity index (χ2v) is 6.41. The van der Waals surface area contributed by atoms with E-state index in [0.29, 0.717) is 0 Å². The van der Waals surface area contributed by atoms with E-state index in [1.807, 2.05) is 32.9 Å². The molecule has 90 valence electrons. The summed E-state index contributed by atoms with van der Waals surface area (Å²) in [6.07, 6.45) is 1.24. The number of nitrogens with one attached hydrogen (secondary N) is 1. The number of aromatic nitrogens is 1. The lowest BCUT2D eigenvalue weighted by Gasteiger charge is -2.15. The van der Waals surface area contributed by atoms with Crippen LogP contribution in [0.4, 0.5) is 5.69 Å². The molecule has 1 aromatic heterocycles. The van der Waals surface area contributed by atoms with Crippen molar-refractivity contribution in [1.29, 1.82) is 0 Å². The molecule has 0 fully saturated rings. The van der Waals surface area contributed by atoms with Crippen LogP contribution in [0.5, 0.6) is 0 Å². The van der Waals surface area contributed by atoms with Gasteiger partial charge in [0, 0.05) is 18.0 Å². The van der Waals surface area contributed by atoms with Gasteiger partial charge in [0.15, 0.2) is 0 Å². The fourth-order valence-electron chi connectivity index (χ4n) is 1.60. The first-order valence-corrected chi connectivity index (χ1v) is 7.22. The Balaban J connectivity index is 2.73. The lowest BCUT2D eigenvalue weighted by Crippen LogP contribution is -2.25. The first kappa shape index (κ1) is 13.0. The monoisotopic (exact) mass is 242 g/mol. The highest BCUT2D eigenvalue weighted by atomic mass is 32.2. The van der Waals surface area contributed by atoms with Gasteiger partial charge in [0.25, 0.3) is 0 Å². The van der Waals surface area contributed by atoms with Crippen LogP contribution in [0, 0.1) is 13.8 Å². The second kappa shape index (κ2) is 4.82. The Morgan fingerprint density at radius 1 is 1.38 bits per heavy atom. The third-order valence-electron chi connectivity index (χ3n) is 2.18. The number of sulfone groups is 1. The number of anilines is 1. The van der Waals surface area contributed by atoms with Crippen LogP contribution in [0.3, 0.4) is 0 Å². The van der Waals surface area contributed by atoms with Crippen molar-refractivity contribution in [3.8, 4) is 0 Å². The summed E-state index contributed by atoms with van der Waals surface area (Å²) in [4.78, 5) is 4.31. The molecule has 0 spiro atoms. The lowest BCUT2D eigenvalue weighted by atomic mass is 10.2. The zero-order valence-electron chi connectivity index (χ0n) is 10.1. The number of hydrogen-bond acceptors (Lipinski definition) is 4. The topological polar surface area (TPSA) is 59.1 Å². The van der Waals surface area contributed by atoms with Crippen molar-refractivity contribution in [3.05, 3.63) is 23.5 Å². The van der Waals surface area contributed by atoms with Crippen LogP contribution in [0.25, 0.3) is 0 Å². The Morgan fingerprint density at radius 2 is 2.00 bits per heavy atom. The Hall–Kier alpha value is -1.10. The van der Waals surface area contributed by atoms with Crippen LogP contribution < -0.4 is 5.32 Å². The van der Waals surface area contributed by atoms with Crippen molar-refractivity contribution >= 4 is 15.5 Å². The molecular weight excluding hydrogens is 224 g/mol. The van der Waals surface area contributed by atoms with Crippen molar-refractivity contribution in [2.75, 3.05) is 17.3 Å². The van der Waals surface area contributed by atoms with E-state index in [1.54, 1.807) is 0 Å². The molecule has 0 amide bonds. The van der Waals surface area contributed by atoms with Gasteiger partial charge >= 0.3 is 0 Å². The van der Waals surface area contributed by atoms with Gasteiger partial charge < -0.3 is 5.32 Å². The van der Waals surface area contributed by atoms with Crippen molar-refractivity contribution in [2.45, 2.75) is 26.8 Å². The highest BCUT2D eigenvalue weighted by Gasteiger charge is 2.11. The molecule has 1 heterocycles. The summed E-state index contributed by atoms with van der Waals surface area (Å²) in [7, 11) is -2.95. The smallest absolute Gasteiger partial charge is 0.149 e. The summed E-state index contributed by atoms with van der Waals surface area (Å²) in [6.45, 7) is 5.68. The van der Waals surface area contributed by atoms with E-state index in [1.165, 1.54) is 6.26 Å². The predicted octanol–water partition coefficient (Wildman–Crippen LogP) is 1.54. The number of pyridine rings is 1. The first-order valence-electron chi connectivity index (χ1n) is 5.16. The molecule has 0 aliphatic heterocycles. The lowest BCUT2D eigenvalue weighted by molar-refractivity contribution is 0.598. The fraction of sp³-hybridized carbons (Fsp3) is 0.545. The van der Waals surface area contributed by atoms with Crippen molar-refractivity contribution in [3.63, 3.8) is 0 Å². The number of rotatable bonds is 4. The number of nitrogens with zero attached hydrogens (tertiary/aromatic N) is 1. The van der Waals surface area contributed by atoms with E-state index in [4.69, 9.17) is 0 Å². The molecule has 5 heteroatoms. The minimum Gasteiger partial charge on any atom is -0.380 e. The van der Waals surface area contributed by atoms with Crippen LogP contribution in [0.2, 0.25) is 0 Å². The molecule has 1 N–H and O–H groups in total. The van der Waals surface area contributed by atoms with Crippen molar-refractivity contribution in [1.82, 2.24) is 4.98 Å². The summed E-state index contributed by atoms with van der Waals surface area (Å²) in [5.41, 5.74) is 2.74. The number of aryl methyl sites for hydroxylation is 2. The molecule has 0 saturated heterocycles. The SMILES string of the molecule is Cc1ccc(N[C@H](C)CS(C)(=O)=O)c(C)n1. The molecule has 0 aliphatic rings. The maximum Gasteiger partial charge on any atom is 0.149 e. The molecule has 16 heavy (non-hydrogen) atoms. The summed E-state index contributed by atoms with van der Waals surface area (Å²) < 4.78 is 22.2. The van der Waals surface area contributed by atoms with Crippen molar-refractivity contribution in [2.24, 2.45) is 0 Å². The molecule has 1 rings (SSSR count). The third kappa shape index (κ3) is 4.18. The standard InChI is InChI=1S/C11H18N2O2S/c1-8-5-6-11(10(3)12-8)13-9(2)7-16(4,14)15/h5-6,9,13H,7H2,1-4H3/t9-/m1/s1. The van der Waals surface area contributed by atoms with Gasteiger partial charge in [0.2, 0.25) is 0 Å². The van der Waals surface area contributed by atoms with Gasteiger partial charge in [0.1, 0.15) is 9.84 Å². The van der Waals surface area contributed by atoms with E-state index < -0.39 is 9.84 Å². The first-order chi connectivity index (χ1) is 7.28. The zero-order valence-corrected chi connectivity index (χ0v) is 10.9.